The smallest absolute Gasteiger partial charge is 0.0295 e. The zero-order chi connectivity index (χ0) is 15.3. The molecule has 0 aromatic rings. The minimum atomic E-state index is 0.822. The lowest BCUT2D eigenvalue weighted by atomic mass is 9.68. The van der Waals surface area contributed by atoms with E-state index in [4.69, 9.17) is 0 Å². The summed E-state index contributed by atoms with van der Waals surface area (Å²) in [6.45, 7) is 2.50. The highest BCUT2D eigenvalue weighted by atomic mass is 14.5. The van der Waals surface area contributed by atoms with Crippen LogP contribution >= 0.6 is 0 Å². The van der Waals surface area contributed by atoms with Crippen molar-refractivity contribution in [1.29, 1.82) is 0 Å². The Bertz CT molecular complexity index is 310. The van der Waals surface area contributed by atoms with E-state index in [9.17, 15) is 0 Å². The van der Waals surface area contributed by atoms with Crippen LogP contribution in [0.25, 0.3) is 0 Å². The van der Waals surface area contributed by atoms with E-state index in [0.717, 1.165) is 23.2 Å². The van der Waals surface area contributed by atoms with Crippen LogP contribution in [0, 0.1) is 23.2 Å². The largest absolute Gasteiger partial charge is 0.0625 e. The SMILES string of the molecule is CC1CCCCCCCC2CCC3(CCC(CCC1)CC3)C2. The topological polar surface area (TPSA) is 0 Å². The van der Waals surface area contributed by atoms with Crippen molar-refractivity contribution < 1.29 is 0 Å². The fourth-order valence-electron chi connectivity index (χ4n) is 5.96. The average molecular weight is 305 g/mol. The van der Waals surface area contributed by atoms with Crippen LogP contribution in [0.15, 0.2) is 0 Å². The second-order valence-electron chi connectivity index (χ2n) is 9.43. The Hall–Kier alpha value is 0. The maximum absolute atomic E-state index is 2.50. The molecule has 4 aliphatic carbocycles. The van der Waals surface area contributed by atoms with Crippen molar-refractivity contribution in [2.75, 3.05) is 0 Å². The van der Waals surface area contributed by atoms with E-state index < -0.39 is 0 Å². The first-order valence-electron chi connectivity index (χ1n) is 10.8. The molecule has 0 aliphatic heterocycles. The third kappa shape index (κ3) is 4.75. The first-order valence-corrected chi connectivity index (χ1v) is 10.8. The summed E-state index contributed by atoms with van der Waals surface area (Å²) in [6, 6.07) is 0. The molecular weight excluding hydrogens is 264 g/mol. The van der Waals surface area contributed by atoms with Crippen molar-refractivity contribution >= 4 is 0 Å². The second kappa shape index (κ2) is 8.20. The minimum Gasteiger partial charge on any atom is -0.0625 e. The normalized spacial score (nSPS) is 42.1. The summed E-state index contributed by atoms with van der Waals surface area (Å²) in [4.78, 5) is 0. The zero-order valence-electron chi connectivity index (χ0n) is 15.3. The van der Waals surface area contributed by atoms with Crippen LogP contribution in [0.1, 0.15) is 116 Å². The Balaban J connectivity index is 1.52. The molecule has 22 heavy (non-hydrogen) atoms. The number of hydrogen-bond acceptors (Lipinski definition) is 0. The molecule has 0 radical (unpaired) electrons. The molecule has 0 amide bonds. The van der Waals surface area contributed by atoms with Gasteiger partial charge in [0.15, 0.2) is 0 Å². The van der Waals surface area contributed by atoms with Gasteiger partial charge in [-0.05, 0) is 68.1 Å². The average Bonchev–Trinajstić information content (AvgIpc) is 2.91. The van der Waals surface area contributed by atoms with Gasteiger partial charge in [-0.3, -0.25) is 0 Å². The Morgan fingerprint density at radius 2 is 1.09 bits per heavy atom. The summed E-state index contributed by atoms with van der Waals surface area (Å²) in [6.07, 6.45) is 26.2. The van der Waals surface area contributed by atoms with Gasteiger partial charge in [0.25, 0.3) is 0 Å². The molecule has 3 bridgehead atoms. The Kier molecular flexibility index (Phi) is 6.28. The molecule has 0 aromatic carbocycles. The van der Waals surface area contributed by atoms with Crippen molar-refractivity contribution in [2.24, 2.45) is 23.2 Å². The van der Waals surface area contributed by atoms with Gasteiger partial charge >= 0.3 is 0 Å². The summed E-state index contributed by atoms with van der Waals surface area (Å²) < 4.78 is 0. The van der Waals surface area contributed by atoms with Crippen molar-refractivity contribution in [3.63, 3.8) is 0 Å². The predicted molar refractivity (Wildman–Crippen MR) is 97.1 cm³/mol. The van der Waals surface area contributed by atoms with Gasteiger partial charge in [-0.2, -0.15) is 0 Å². The predicted octanol–water partition coefficient (Wildman–Crippen LogP) is 7.51. The third-order valence-electron chi connectivity index (χ3n) is 7.59. The highest BCUT2D eigenvalue weighted by Gasteiger charge is 2.41. The van der Waals surface area contributed by atoms with Crippen LogP contribution in [0.5, 0.6) is 0 Å². The fourth-order valence-corrected chi connectivity index (χ4v) is 5.96. The van der Waals surface area contributed by atoms with Crippen molar-refractivity contribution in [3.05, 3.63) is 0 Å². The molecule has 0 heteroatoms. The molecular formula is C22H40. The number of fused-ring (bicyclic) bond motifs is 12. The van der Waals surface area contributed by atoms with Gasteiger partial charge in [-0.1, -0.05) is 71.1 Å². The van der Waals surface area contributed by atoms with Gasteiger partial charge in [0.2, 0.25) is 0 Å². The molecule has 0 saturated heterocycles. The van der Waals surface area contributed by atoms with Crippen molar-refractivity contribution in [2.45, 2.75) is 116 Å². The zero-order valence-corrected chi connectivity index (χ0v) is 15.3. The van der Waals surface area contributed by atoms with E-state index in [0.29, 0.717) is 0 Å². The summed E-state index contributed by atoms with van der Waals surface area (Å²) in [5.41, 5.74) is 0.822. The molecule has 0 nitrogen and oxygen atoms in total. The van der Waals surface area contributed by atoms with E-state index >= 15 is 0 Å². The van der Waals surface area contributed by atoms with Gasteiger partial charge in [0, 0.05) is 0 Å². The van der Waals surface area contributed by atoms with Gasteiger partial charge in [-0.25, -0.2) is 0 Å². The summed E-state index contributed by atoms with van der Waals surface area (Å²) in [7, 11) is 0. The Morgan fingerprint density at radius 3 is 1.86 bits per heavy atom. The third-order valence-corrected chi connectivity index (χ3v) is 7.59. The minimum absolute atomic E-state index is 0.822. The Morgan fingerprint density at radius 1 is 0.545 bits per heavy atom. The first-order chi connectivity index (χ1) is 10.8. The van der Waals surface area contributed by atoms with Gasteiger partial charge < -0.3 is 0 Å². The van der Waals surface area contributed by atoms with Crippen LogP contribution in [0.4, 0.5) is 0 Å². The quantitative estimate of drug-likeness (QED) is 0.434. The second-order valence-corrected chi connectivity index (χ2v) is 9.43. The lowest BCUT2D eigenvalue weighted by molar-refractivity contribution is 0.141. The van der Waals surface area contributed by atoms with Gasteiger partial charge in [0.1, 0.15) is 0 Å². The summed E-state index contributed by atoms with van der Waals surface area (Å²) in [5.74, 6) is 3.18. The maximum Gasteiger partial charge on any atom is -0.0295 e. The van der Waals surface area contributed by atoms with E-state index in [2.05, 4.69) is 6.92 Å². The molecule has 0 heterocycles. The molecule has 2 unspecified atom stereocenters. The highest BCUT2D eigenvalue weighted by molar-refractivity contribution is 4.92. The summed E-state index contributed by atoms with van der Waals surface area (Å²) >= 11 is 0. The molecule has 4 saturated carbocycles. The number of hydrogen-bond donors (Lipinski definition) is 0. The molecule has 128 valence electrons. The first kappa shape index (κ1) is 16.8. The van der Waals surface area contributed by atoms with E-state index in [1.807, 2.05) is 0 Å². The standard InChI is InChI=1S/C22H40/c1-19-8-5-3-2-4-6-10-21-14-17-22(18-21)15-12-20(13-16-22)11-7-9-19/h19-21H,2-18H2,1H3. The monoisotopic (exact) mass is 304 g/mol. The molecule has 2 atom stereocenters. The van der Waals surface area contributed by atoms with Crippen molar-refractivity contribution in [3.8, 4) is 0 Å². The van der Waals surface area contributed by atoms with Crippen LogP contribution in [-0.2, 0) is 0 Å². The molecule has 4 fully saturated rings. The van der Waals surface area contributed by atoms with Gasteiger partial charge in [0.05, 0.1) is 0 Å². The van der Waals surface area contributed by atoms with Crippen LogP contribution in [0.2, 0.25) is 0 Å². The molecule has 0 aromatic heterocycles. The lowest BCUT2D eigenvalue weighted by Gasteiger charge is -2.38. The van der Waals surface area contributed by atoms with E-state index in [-0.39, 0.29) is 0 Å². The Labute approximate surface area is 139 Å². The van der Waals surface area contributed by atoms with Crippen LogP contribution in [-0.4, -0.2) is 0 Å². The van der Waals surface area contributed by atoms with Crippen LogP contribution < -0.4 is 0 Å². The highest BCUT2D eigenvalue weighted by Crippen LogP contribution is 2.53. The fraction of sp³-hybridized carbons (Fsp3) is 1.00. The molecule has 4 rings (SSSR count). The molecule has 1 spiro atoms. The number of rotatable bonds is 0. The molecule has 0 N–H and O–H groups in total. The van der Waals surface area contributed by atoms with E-state index in [1.54, 1.807) is 57.8 Å². The van der Waals surface area contributed by atoms with Gasteiger partial charge in [-0.15, -0.1) is 0 Å². The maximum atomic E-state index is 2.50. The van der Waals surface area contributed by atoms with Crippen LogP contribution in [0.3, 0.4) is 0 Å². The van der Waals surface area contributed by atoms with E-state index in [1.165, 1.54) is 51.4 Å². The molecule has 4 aliphatic rings. The lowest BCUT2D eigenvalue weighted by Crippen LogP contribution is -2.25. The summed E-state index contributed by atoms with van der Waals surface area (Å²) in [5, 5.41) is 0. The van der Waals surface area contributed by atoms with Crippen molar-refractivity contribution in [1.82, 2.24) is 0 Å².